The van der Waals surface area contributed by atoms with Crippen molar-refractivity contribution in [3.63, 3.8) is 0 Å². The number of anilines is 1. The van der Waals surface area contributed by atoms with Crippen molar-refractivity contribution in [2.45, 2.75) is 44.2 Å². The summed E-state index contributed by atoms with van der Waals surface area (Å²) in [6, 6.07) is 5.53. The van der Waals surface area contributed by atoms with Crippen LogP contribution < -0.4 is 10.6 Å². The third kappa shape index (κ3) is 2.16. The molecule has 4 rings (SSSR count). The lowest BCUT2D eigenvalue weighted by molar-refractivity contribution is 0.295. The van der Waals surface area contributed by atoms with Crippen LogP contribution in [-0.4, -0.2) is 34.1 Å². The first-order valence-corrected chi connectivity index (χ1v) is 7.59. The summed E-state index contributed by atoms with van der Waals surface area (Å²) in [6.45, 7) is 0. The van der Waals surface area contributed by atoms with Gasteiger partial charge < -0.3 is 15.6 Å². The number of imidazole rings is 1. The number of H-pyrrole nitrogens is 1. The van der Waals surface area contributed by atoms with Gasteiger partial charge in [0, 0.05) is 25.6 Å². The van der Waals surface area contributed by atoms with Gasteiger partial charge in [-0.3, -0.25) is 0 Å². The van der Waals surface area contributed by atoms with Crippen molar-refractivity contribution >= 4 is 17.0 Å². The Kier molecular flexibility index (Phi) is 2.88. The van der Waals surface area contributed by atoms with E-state index in [-0.39, 0.29) is 0 Å². The molecule has 0 saturated carbocycles. The molecule has 106 valence electrons. The summed E-state index contributed by atoms with van der Waals surface area (Å²) in [6.07, 6.45) is 6.36. The average Bonchev–Trinajstić information content (AvgIpc) is 3.00. The van der Waals surface area contributed by atoms with E-state index in [1.807, 2.05) is 13.1 Å². The molecule has 2 aliphatic rings. The number of nitrogens with zero attached hydrogens (tertiary/aromatic N) is 2. The van der Waals surface area contributed by atoms with Crippen LogP contribution in [0, 0.1) is 5.92 Å². The number of fused-ring (bicyclic) bond motifs is 3. The highest BCUT2D eigenvalue weighted by molar-refractivity contribution is 5.72. The van der Waals surface area contributed by atoms with E-state index >= 15 is 0 Å². The second-order valence-corrected chi connectivity index (χ2v) is 6.18. The zero-order chi connectivity index (χ0) is 13.5. The number of aromatic nitrogens is 3. The summed E-state index contributed by atoms with van der Waals surface area (Å²) in [5, 5.41) is 6.75. The zero-order valence-corrected chi connectivity index (χ0v) is 11.8. The summed E-state index contributed by atoms with van der Waals surface area (Å²) < 4.78 is 0. The maximum Gasteiger partial charge on any atom is 0.179 e. The highest BCUT2D eigenvalue weighted by atomic mass is 15.0. The third-order valence-electron chi connectivity index (χ3n) is 4.70. The molecule has 5 nitrogen and oxygen atoms in total. The number of aromatic amines is 1. The lowest BCUT2D eigenvalue weighted by atomic mass is 9.89. The van der Waals surface area contributed by atoms with E-state index in [1.54, 1.807) is 0 Å². The molecule has 20 heavy (non-hydrogen) atoms. The van der Waals surface area contributed by atoms with E-state index in [9.17, 15) is 0 Å². The topological polar surface area (TPSA) is 65.6 Å². The number of piperidine rings is 1. The second kappa shape index (κ2) is 4.74. The van der Waals surface area contributed by atoms with Crippen LogP contribution in [0.1, 0.15) is 31.5 Å². The fraction of sp³-hybridized carbons (Fsp3) is 0.600. The Balaban J connectivity index is 1.53. The van der Waals surface area contributed by atoms with E-state index in [2.05, 4.69) is 31.7 Å². The van der Waals surface area contributed by atoms with Crippen LogP contribution >= 0.6 is 0 Å². The van der Waals surface area contributed by atoms with Crippen molar-refractivity contribution < 1.29 is 0 Å². The molecule has 0 spiro atoms. The molecular weight excluding hydrogens is 250 g/mol. The minimum Gasteiger partial charge on any atom is -0.373 e. The smallest absolute Gasteiger partial charge is 0.179 e. The molecule has 2 atom stereocenters. The van der Waals surface area contributed by atoms with Crippen LogP contribution in [0.15, 0.2) is 12.1 Å². The lowest BCUT2D eigenvalue weighted by Gasteiger charge is -2.28. The van der Waals surface area contributed by atoms with Crippen LogP contribution in [0.2, 0.25) is 0 Å². The van der Waals surface area contributed by atoms with E-state index in [1.165, 1.54) is 25.7 Å². The highest BCUT2D eigenvalue weighted by Gasteiger charge is 2.33. The quantitative estimate of drug-likeness (QED) is 0.799. The van der Waals surface area contributed by atoms with Gasteiger partial charge in [0.25, 0.3) is 0 Å². The predicted octanol–water partition coefficient (Wildman–Crippen LogP) is 2.07. The van der Waals surface area contributed by atoms with E-state index in [0.29, 0.717) is 0 Å². The predicted molar refractivity (Wildman–Crippen MR) is 79.8 cm³/mol. The summed E-state index contributed by atoms with van der Waals surface area (Å²) in [7, 11) is 1.88. The molecule has 2 saturated heterocycles. The Hall–Kier alpha value is -1.62. The maximum atomic E-state index is 4.66. The Morgan fingerprint density at radius 2 is 2.00 bits per heavy atom. The minimum absolute atomic E-state index is 0.747. The first-order valence-electron chi connectivity index (χ1n) is 7.59. The number of hydrogen-bond acceptors (Lipinski definition) is 4. The molecule has 2 aliphatic heterocycles. The first-order chi connectivity index (χ1) is 9.80. The van der Waals surface area contributed by atoms with Gasteiger partial charge in [-0.25, -0.2) is 9.97 Å². The molecule has 2 fully saturated rings. The fourth-order valence-electron chi connectivity index (χ4n) is 3.79. The lowest BCUT2D eigenvalue weighted by Crippen LogP contribution is -2.38. The van der Waals surface area contributed by atoms with Crippen molar-refractivity contribution in [1.29, 1.82) is 0 Å². The van der Waals surface area contributed by atoms with E-state index < -0.39 is 0 Å². The SMILES string of the molecule is CNc1ccc2[nH]c(CC3CC4CCC(C3)N4)nc2n1. The highest BCUT2D eigenvalue weighted by Crippen LogP contribution is 2.32. The van der Waals surface area contributed by atoms with Gasteiger partial charge in [0.2, 0.25) is 0 Å². The van der Waals surface area contributed by atoms with Gasteiger partial charge in [0.05, 0.1) is 5.52 Å². The van der Waals surface area contributed by atoms with Crippen LogP contribution in [0.25, 0.3) is 11.2 Å². The fourth-order valence-corrected chi connectivity index (χ4v) is 3.79. The molecule has 3 N–H and O–H groups in total. The maximum absolute atomic E-state index is 4.66. The average molecular weight is 271 g/mol. The van der Waals surface area contributed by atoms with Crippen molar-refractivity contribution in [2.75, 3.05) is 12.4 Å². The zero-order valence-electron chi connectivity index (χ0n) is 11.8. The standard InChI is InChI=1S/C15H21N5/c1-16-13-5-4-12-15(19-13)20-14(18-12)8-9-6-10-2-3-11(7-9)17-10/h4-5,9-11,17H,2-3,6-8H2,1H3,(H2,16,18,19,20). The number of pyridine rings is 1. The summed E-state index contributed by atoms with van der Waals surface area (Å²) in [4.78, 5) is 12.6. The Bertz CT molecular complexity index is 608. The molecule has 0 aromatic carbocycles. The number of hydrogen-bond donors (Lipinski definition) is 3. The van der Waals surface area contributed by atoms with Gasteiger partial charge in [-0.05, 0) is 43.7 Å². The molecule has 5 heteroatoms. The van der Waals surface area contributed by atoms with Gasteiger partial charge in [-0.15, -0.1) is 0 Å². The molecule has 4 heterocycles. The van der Waals surface area contributed by atoms with Gasteiger partial charge in [0.1, 0.15) is 11.6 Å². The van der Waals surface area contributed by atoms with Crippen molar-refractivity contribution in [3.05, 3.63) is 18.0 Å². The van der Waals surface area contributed by atoms with Crippen molar-refractivity contribution in [3.8, 4) is 0 Å². The van der Waals surface area contributed by atoms with Crippen LogP contribution in [0.3, 0.4) is 0 Å². The normalized spacial score (nSPS) is 28.9. The van der Waals surface area contributed by atoms with Gasteiger partial charge >= 0.3 is 0 Å². The van der Waals surface area contributed by atoms with Crippen LogP contribution in [-0.2, 0) is 6.42 Å². The van der Waals surface area contributed by atoms with Crippen molar-refractivity contribution in [1.82, 2.24) is 20.3 Å². The summed E-state index contributed by atoms with van der Waals surface area (Å²) in [5.41, 5.74) is 1.86. The monoisotopic (exact) mass is 271 g/mol. The molecule has 0 amide bonds. The van der Waals surface area contributed by atoms with Gasteiger partial charge in [-0.1, -0.05) is 0 Å². The molecule has 0 radical (unpaired) electrons. The first kappa shape index (κ1) is 12.1. The number of rotatable bonds is 3. The molecule has 0 aliphatic carbocycles. The van der Waals surface area contributed by atoms with E-state index in [0.717, 1.165) is 47.2 Å². The molecule has 2 unspecified atom stereocenters. The molecule has 2 bridgehead atoms. The minimum atomic E-state index is 0.747. The Morgan fingerprint density at radius 3 is 2.75 bits per heavy atom. The molecule has 2 aromatic rings. The third-order valence-corrected chi connectivity index (χ3v) is 4.70. The van der Waals surface area contributed by atoms with Gasteiger partial charge in [0.15, 0.2) is 5.65 Å². The van der Waals surface area contributed by atoms with Gasteiger partial charge in [-0.2, -0.15) is 0 Å². The van der Waals surface area contributed by atoms with E-state index in [4.69, 9.17) is 0 Å². The van der Waals surface area contributed by atoms with Crippen molar-refractivity contribution in [2.24, 2.45) is 5.92 Å². The summed E-state index contributed by atoms with van der Waals surface area (Å²) >= 11 is 0. The van der Waals surface area contributed by atoms with Crippen LogP contribution in [0.4, 0.5) is 5.82 Å². The summed E-state index contributed by atoms with van der Waals surface area (Å²) in [5.74, 6) is 2.72. The Labute approximate surface area is 118 Å². The second-order valence-electron chi connectivity index (χ2n) is 6.18. The molecular formula is C15H21N5. The largest absolute Gasteiger partial charge is 0.373 e. The number of nitrogens with one attached hydrogen (secondary N) is 3. The van der Waals surface area contributed by atoms with Crippen LogP contribution in [0.5, 0.6) is 0 Å². The Morgan fingerprint density at radius 1 is 1.20 bits per heavy atom. The molecule has 2 aromatic heterocycles.